The van der Waals surface area contributed by atoms with Gasteiger partial charge in [-0.25, -0.2) is 4.39 Å². The van der Waals surface area contributed by atoms with Crippen molar-refractivity contribution in [1.29, 1.82) is 0 Å². The summed E-state index contributed by atoms with van der Waals surface area (Å²) in [6.07, 6.45) is 0. The predicted molar refractivity (Wildman–Crippen MR) is 154 cm³/mol. The van der Waals surface area contributed by atoms with Crippen LogP contribution in [0.2, 0.25) is 0 Å². The van der Waals surface area contributed by atoms with Crippen LogP contribution >= 0.6 is 27.7 Å². The zero-order valence-electron chi connectivity index (χ0n) is 22.2. The summed E-state index contributed by atoms with van der Waals surface area (Å²) in [5.74, 6) is 1.95. The van der Waals surface area contributed by atoms with E-state index in [9.17, 15) is 14.5 Å². The zero-order chi connectivity index (χ0) is 28.6. The molecule has 0 saturated heterocycles. The Kier molecular flexibility index (Phi) is 9.99. The third-order valence-electron chi connectivity index (χ3n) is 5.76. The maximum Gasteiger partial charge on any atom is 0.220 e. The van der Waals surface area contributed by atoms with Crippen LogP contribution in [0.4, 0.5) is 4.39 Å². The number of hydrogen-bond donors (Lipinski definition) is 0. The summed E-state index contributed by atoms with van der Waals surface area (Å²) in [5.41, 5.74) is 2.25. The van der Waals surface area contributed by atoms with E-state index in [-0.39, 0.29) is 23.9 Å². The van der Waals surface area contributed by atoms with Crippen molar-refractivity contribution < 1.29 is 23.5 Å². The van der Waals surface area contributed by atoms with Crippen LogP contribution in [0.25, 0.3) is 5.69 Å². The average molecular weight is 632 g/mol. The van der Waals surface area contributed by atoms with E-state index in [1.807, 2.05) is 49.6 Å². The van der Waals surface area contributed by atoms with Crippen molar-refractivity contribution >= 4 is 27.7 Å². The number of rotatable bonds is 13. The van der Waals surface area contributed by atoms with Crippen molar-refractivity contribution in [3.63, 3.8) is 0 Å². The highest BCUT2D eigenvalue weighted by atomic mass is 79.9. The van der Waals surface area contributed by atoms with E-state index in [1.54, 1.807) is 24.3 Å². The summed E-state index contributed by atoms with van der Waals surface area (Å²) in [5, 5.41) is 20.2. The first-order valence-electron chi connectivity index (χ1n) is 12.6. The number of thioether (sulfide) groups is 1. The first-order valence-corrected chi connectivity index (χ1v) is 14.2. The lowest BCUT2D eigenvalue weighted by Crippen LogP contribution is -2.12. The van der Waals surface area contributed by atoms with E-state index in [1.165, 1.54) is 23.9 Å². The fraction of sp³-hybridized carbons (Fsp3) is 0.286. The third-order valence-corrected chi connectivity index (χ3v) is 7.53. The van der Waals surface area contributed by atoms with Gasteiger partial charge in [0, 0.05) is 10.6 Å². The van der Waals surface area contributed by atoms with Gasteiger partial charge in [0.25, 0.3) is 0 Å². The Balaban J connectivity index is 1.64. The SMILES string of the molecule is CCOc1ccc(-n2c(C)nnc2S[C@@H](C[N+](=O)[O-])c2cc(Br)c(OCc3ccc(F)cc3)c(OCC)c2)cc1. The van der Waals surface area contributed by atoms with Crippen LogP contribution in [0, 0.1) is 22.9 Å². The summed E-state index contributed by atoms with van der Waals surface area (Å²) >= 11 is 4.80. The van der Waals surface area contributed by atoms with Gasteiger partial charge in [-0.15, -0.1) is 10.2 Å². The van der Waals surface area contributed by atoms with Crippen molar-refractivity contribution in [2.45, 2.75) is 37.8 Å². The van der Waals surface area contributed by atoms with Crippen molar-refractivity contribution in [1.82, 2.24) is 14.8 Å². The van der Waals surface area contributed by atoms with Gasteiger partial charge in [-0.1, -0.05) is 23.9 Å². The summed E-state index contributed by atoms with van der Waals surface area (Å²) in [4.78, 5) is 11.4. The molecule has 0 aliphatic rings. The third kappa shape index (κ3) is 7.30. The van der Waals surface area contributed by atoms with E-state index in [2.05, 4.69) is 26.1 Å². The number of nitro groups is 1. The van der Waals surface area contributed by atoms with Gasteiger partial charge < -0.3 is 14.2 Å². The summed E-state index contributed by atoms with van der Waals surface area (Å²) < 4.78 is 33.1. The summed E-state index contributed by atoms with van der Waals surface area (Å²) in [6.45, 7) is 6.35. The van der Waals surface area contributed by atoms with Crippen LogP contribution < -0.4 is 14.2 Å². The standard InChI is InChI=1S/C28H28BrFN4O5S/c1-4-37-23-12-10-22(11-13-23)34-18(3)31-32-28(34)40-26(16-33(35)36)20-14-24(29)27(25(15-20)38-5-2)39-17-19-6-8-21(30)9-7-19/h6-15,26H,4-5,16-17H2,1-3H3/t26-/m0/s1. The highest BCUT2D eigenvalue weighted by Gasteiger charge is 2.26. The molecule has 0 saturated carbocycles. The molecule has 0 N–H and O–H groups in total. The molecule has 4 rings (SSSR count). The maximum absolute atomic E-state index is 13.3. The van der Waals surface area contributed by atoms with E-state index >= 15 is 0 Å². The van der Waals surface area contributed by atoms with Crippen LogP contribution in [0.15, 0.2) is 70.3 Å². The van der Waals surface area contributed by atoms with Crippen LogP contribution in [-0.2, 0) is 6.61 Å². The van der Waals surface area contributed by atoms with Crippen molar-refractivity contribution in [3.8, 4) is 22.9 Å². The molecule has 0 amide bonds. The highest BCUT2D eigenvalue weighted by molar-refractivity contribution is 9.10. The quantitative estimate of drug-likeness (QED) is 0.0887. The zero-order valence-corrected chi connectivity index (χ0v) is 24.6. The maximum atomic E-state index is 13.3. The smallest absolute Gasteiger partial charge is 0.220 e. The van der Waals surface area contributed by atoms with Gasteiger partial charge in [-0.05, 0) is 96.4 Å². The van der Waals surface area contributed by atoms with Gasteiger partial charge in [-0.2, -0.15) is 0 Å². The number of aryl methyl sites for hydroxylation is 1. The van der Waals surface area contributed by atoms with Gasteiger partial charge in [-0.3, -0.25) is 14.7 Å². The molecule has 40 heavy (non-hydrogen) atoms. The lowest BCUT2D eigenvalue weighted by molar-refractivity contribution is -0.479. The molecule has 1 heterocycles. The highest BCUT2D eigenvalue weighted by Crippen LogP contribution is 2.43. The van der Waals surface area contributed by atoms with Gasteiger partial charge in [0.15, 0.2) is 16.7 Å². The van der Waals surface area contributed by atoms with Crippen LogP contribution in [-0.4, -0.2) is 39.4 Å². The summed E-state index contributed by atoms with van der Waals surface area (Å²) in [6, 6.07) is 17.1. The second-order valence-electron chi connectivity index (χ2n) is 8.59. The molecule has 0 radical (unpaired) electrons. The van der Waals surface area contributed by atoms with Crippen LogP contribution in [0.5, 0.6) is 17.2 Å². The molecule has 0 aliphatic heterocycles. The number of aromatic nitrogens is 3. The topological polar surface area (TPSA) is 102 Å². The minimum atomic E-state index is -0.610. The van der Waals surface area contributed by atoms with Crippen LogP contribution in [0.3, 0.4) is 0 Å². The second-order valence-corrected chi connectivity index (χ2v) is 10.6. The fourth-order valence-electron chi connectivity index (χ4n) is 3.96. The van der Waals surface area contributed by atoms with E-state index < -0.39 is 5.25 Å². The second kappa shape index (κ2) is 13.6. The Morgan fingerprint density at radius 3 is 2.38 bits per heavy atom. The molecule has 0 fully saturated rings. The number of hydrogen-bond acceptors (Lipinski definition) is 8. The van der Waals surface area contributed by atoms with Crippen molar-refractivity contribution in [2.24, 2.45) is 0 Å². The monoisotopic (exact) mass is 630 g/mol. The molecule has 0 bridgehead atoms. The van der Waals surface area contributed by atoms with E-state index in [0.717, 1.165) is 17.0 Å². The minimum Gasteiger partial charge on any atom is -0.494 e. The first-order chi connectivity index (χ1) is 19.3. The Morgan fingerprint density at radius 1 is 1.02 bits per heavy atom. The first kappa shape index (κ1) is 29.3. The van der Waals surface area contributed by atoms with Gasteiger partial charge in [0.1, 0.15) is 29.2 Å². The molecule has 0 aliphatic carbocycles. The van der Waals surface area contributed by atoms with E-state index in [0.29, 0.717) is 45.7 Å². The lowest BCUT2D eigenvalue weighted by Gasteiger charge is -2.19. The van der Waals surface area contributed by atoms with Gasteiger partial charge in [0.05, 0.1) is 17.7 Å². The van der Waals surface area contributed by atoms with E-state index in [4.69, 9.17) is 14.2 Å². The molecule has 12 heteroatoms. The largest absolute Gasteiger partial charge is 0.494 e. The molecular formula is C28H28BrFN4O5S. The normalized spacial score (nSPS) is 11.7. The Hall–Kier alpha value is -3.64. The predicted octanol–water partition coefficient (Wildman–Crippen LogP) is 6.96. The Morgan fingerprint density at radius 2 is 1.73 bits per heavy atom. The van der Waals surface area contributed by atoms with Crippen LogP contribution in [0.1, 0.15) is 36.0 Å². The number of ether oxygens (including phenoxy) is 3. The molecule has 1 atom stereocenters. The fourth-order valence-corrected chi connectivity index (χ4v) is 5.69. The molecule has 0 spiro atoms. The molecule has 3 aromatic carbocycles. The number of nitrogens with zero attached hydrogens (tertiary/aromatic N) is 4. The lowest BCUT2D eigenvalue weighted by atomic mass is 10.1. The molecular weight excluding hydrogens is 603 g/mol. The number of halogens is 2. The minimum absolute atomic E-state index is 0.190. The van der Waals surface area contributed by atoms with Crippen molar-refractivity contribution in [3.05, 3.63) is 98.0 Å². The van der Waals surface area contributed by atoms with Crippen molar-refractivity contribution in [2.75, 3.05) is 19.8 Å². The Labute approximate surface area is 243 Å². The average Bonchev–Trinajstić information content (AvgIpc) is 3.29. The van der Waals surface area contributed by atoms with Gasteiger partial charge >= 0.3 is 0 Å². The number of benzene rings is 3. The molecule has 0 unspecified atom stereocenters. The molecule has 4 aromatic rings. The molecule has 9 nitrogen and oxygen atoms in total. The Bertz CT molecular complexity index is 1450. The summed E-state index contributed by atoms with van der Waals surface area (Å²) in [7, 11) is 0. The molecule has 1 aromatic heterocycles. The van der Waals surface area contributed by atoms with Gasteiger partial charge in [0.2, 0.25) is 6.54 Å². The molecule has 210 valence electrons.